The molecular formula is C19H18N4O3. The summed E-state index contributed by atoms with van der Waals surface area (Å²) in [5, 5.41) is 2.38. The van der Waals surface area contributed by atoms with Gasteiger partial charge >= 0.3 is 5.69 Å². The maximum Gasteiger partial charge on any atom is 0.329 e. The number of hydrogen-bond acceptors (Lipinski definition) is 4. The maximum atomic E-state index is 13.0. The molecule has 132 valence electrons. The van der Waals surface area contributed by atoms with Gasteiger partial charge in [0.2, 0.25) is 11.8 Å². The minimum Gasteiger partial charge on any atom is -0.295 e. The van der Waals surface area contributed by atoms with Crippen LogP contribution in [0, 0.1) is 0 Å². The van der Waals surface area contributed by atoms with E-state index in [1.807, 2.05) is 30.3 Å². The first kappa shape index (κ1) is 16.3. The molecule has 2 aromatic heterocycles. The van der Waals surface area contributed by atoms with Gasteiger partial charge in [-0.1, -0.05) is 12.1 Å². The number of benzene rings is 1. The number of nitrogens with one attached hydrogen (secondary N) is 1. The fourth-order valence-corrected chi connectivity index (χ4v) is 3.62. The summed E-state index contributed by atoms with van der Waals surface area (Å²) in [6, 6.07) is 8.72. The molecular weight excluding hydrogens is 332 g/mol. The lowest BCUT2D eigenvalue weighted by atomic mass is 10.0. The quantitative estimate of drug-likeness (QED) is 0.714. The van der Waals surface area contributed by atoms with Crippen LogP contribution in [0.15, 0.2) is 47.5 Å². The highest BCUT2D eigenvalue weighted by atomic mass is 16.2. The number of pyridine rings is 1. The molecule has 1 aliphatic rings. The Hall–Kier alpha value is -3.22. The number of para-hydroxylation sites is 1. The molecule has 7 nitrogen and oxygen atoms in total. The zero-order valence-electron chi connectivity index (χ0n) is 14.3. The number of nitrogens with zero attached hydrogens (tertiary/aromatic N) is 3. The van der Waals surface area contributed by atoms with Crippen molar-refractivity contribution in [2.75, 3.05) is 0 Å². The molecule has 1 unspecified atom stereocenters. The summed E-state index contributed by atoms with van der Waals surface area (Å²) in [7, 11) is 1.70. The van der Waals surface area contributed by atoms with Gasteiger partial charge in [0.15, 0.2) is 0 Å². The number of fused-ring (bicyclic) bond motifs is 1. The Morgan fingerprint density at radius 1 is 1.12 bits per heavy atom. The lowest BCUT2D eigenvalue weighted by Gasteiger charge is -2.14. The molecule has 0 saturated carbocycles. The zero-order valence-corrected chi connectivity index (χ0v) is 14.3. The van der Waals surface area contributed by atoms with Crippen molar-refractivity contribution >= 4 is 22.8 Å². The smallest absolute Gasteiger partial charge is 0.295 e. The number of carbonyl (C=O) groups excluding carboxylic acids is 2. The van der Waals surface area contributed by atoms with Gasteiger partial charge in [-0.05, 0) is 36.6 Å². The Bertz CT molecular complexity index is 1070. The van der Waals surface area contributed by atoms with Crippen molar-refractivity contribution in [3.05, 3.63) is 53.2 Å². The first-order chi connectivity index (χ1) is 12.6. The first-order valence-corrected chi connectivity index (χ1v) is 8.52. The normalized spacial score (nSPS) is 18.0. The molecule has 1 atom stereocenters. The van der Waals surface area contributed by atoms with Gasteiger partial charge in [0.05, 0.1) is 11.0 Å². The number of rotatable bonds is 2. The molecule has 1 saturated heterocycles. The molecule has 0 aliphatic carbocycles. The SMILES string of the molecule is Cn1c(=O)n(C2CCCC(=O)NC2=O)c2cccc(-c3ccncc3)c21. The molecule has 1 N–H and O–H groups in total. The van der Waals surface area contributed by atoms with Gasteiger partial charge in [0.25, 0.3) is 0 Å². The van der Waals surface area contributed by atoms with Gasteiger partial charge in [-0.2, -0.15) is 0 Å². The predicted octanol–water partition coefficient (Wildman–Crippen LogP) is 1.77. The number of carbonyl (C=O) groups is 2. The number of imidazole rings is 1. The van der Waals surface area contributed by atoms with E-state index in [1.165, 1.54) is 4.57 Å². The summed E-state index contributed by atoms with van der Waals surface area (Å²) in [4.78, 5) is 41.1. The zero-order chi connectivity index (χ0) is 18.3. The number of hydrogen-bond donors (Lipinski definition) is 1. The Morgan fingerprint density at radius 3 is 2.65 bits per heavy atom. The summed E-state index contributed by atoms with van der Waals surface area (Å²) < 4.78 is 3.07. The lowest BCUT2D eigenvalue weighted by molar-refractivity contribution is -0.131. The van der Waals surface area contributed by atoms with Crippen molar-refractivity contribution in [2.45, 2.75) is 25.3 Å². The van der Waals surface area contributed by atoms with E-state index in [1.54, 1.807) is 24.0 Å². The molecule has 1 aliphatic heterocycles. The van der Waals surface area contributed by atoms with Gasteiger partial charge in [0.1, 0.15) is 6.04 Å². The van der Waals surface area contributed by atoms with E-state index in [2.05, 4.69) is 10.3 Å². The average Bonchev–Trinajstić information content (AvgIpc) is 2.78. The summed E-state index contributed by atoms with van der Waals surface area (Å²) >= 11 is 0. The van der Waals surface area contributed by atoms with Crippen LogP contribution in [0.3, 0.4) is 0 Å². The van der Waals surface area contributed by atoms with E-state index < -0.39 is 11.9 Å². The molecule has 3 heterocycles. The van der Waals surface area contributed by atoms with E-state index in [4.69, 9.17) is 0 Å². The Balaban J connectivity index is 1.95. The minimum atomic E-state index is -0.689. The van der Waals surface area contributed by atoms with Crippen molar-refractivity contribution in [1.29, 1.82) is 0 Å². The van der Waals surface area contributed by atoms with Gasteiger partial charge in [-0.3, -0.25) is 29.0 Å². The molecule has 0 bridgehead atoms. The summed E-state index contributed by atoms with van der Waals surface area (Å²) in [5.74, 6) is -0.709. The number of imide groups is 1. The highest BCUT2D eigenvalue weighted by molar-refractivity contribution is 5.99. The van der Waals surface area contributed by atoms with Crippen LogP contribution < -0.4 is 11.0 Å². The van der Waals surface area contributed by atoms with Crippen molar-refractivity contribution in [2.24, 2.45) is 7.05 Å². The van der Waals surface area contributed by atoms with Gasteiger partial charge < -0.3 is 0 Å². The van der Waals surface area contributed by atoms with E-state index in [9.17, 15) is 14.4 Å². The fraction of sp³-hybridized carbons (Fsp3) is 0.263. The summed E-state index contributed by atoms with van der Waals surface area (Å²) in [6.45, 7) is 0. The first-order valence-electron chi connectivity index (χ1n) is 8.52. The summed E-state index contributed by atoms with van der Waals surface area (Å²) in [6.07, 6.45) is 4.72. The van der Waals surface area contributed by atoms with E-state index in [0.717, 1.165) is 16.6 Å². The second-order valence-corrected chi connectivity index (χ2v) is 6.44. The van der Waals surface area contributed by atoms with E-state index in [0.29, 0.717) is 24.8 Å². The average molecular weight is 350 g/mol. The monoisotopic (exact) mass is 350 g/mol. The number of aromatic nitrogens is 3. The summed E-state index contributed by atoms with van der Waals surface area (Å²) in [5.41, 5.74) is 3.01. The molecule has 1 aromatic carbocycles. The van der Waals surface area contributed by atoms with Crippen molar-refractivity contribution < 1.29 is 9.59 Å². The molecule has 7 heteroatoms. The molecule has 0 radical (unpaired) electrons. The van der Waals surface area contributed by atoms with Crippen LogP contribution in [-0.4, -0.2) is 25.9 Å². The van der Waals surface area contributed by atoms with Crippen LogP contribution in [0.1, 0.15) is 25.3 Å². The third kappa shape index (κ3) is 2.52. The van der Waals surface area contributed by atoms with Crippen molar-refractivity contribution in [3.63, 3.8) is 0 Å². The fourth-order valence-electron chi connectivity index (χ4n) is 3.62. The molecule has 4 rings (SSSR count). The predicted molar refractivity (Wildman–Crippen MR) is 96.4 cm³/mol. The van der Waals surface area contributed by atoms with Gasteiger partial charge in [0, 0.05) is 31.4 Å². The van der Waals surface area contributed by atoms with Crippen molar-refractivity contribution in [3.8, 4) is 11.1 Å². The molecule has 2 amide bonds. The Labute approximate surface area is 149 Å². The van der Waals surface area contributed by atoms with Crippen LogP contribution in [0.5, 0.6) is 0 Å². The number of aryl methyl sites for hydroxylation is 1. The molecule has 3 aromatic rings. The highest BCUT2D eigenvalue weighted by Crippen LogP contribution is 2.30. The maximum absolute atomic E-state index is 13.0. The standard InChI is InChI=1S/C19H18N4O3/c1-22-17-13(12-8-10-20-11-9-12)4-2-5-14(17)23(19(22)26)15-6-3-7-16(24)21-18(15)25/h2,4-5,8-11,15H,3,6-7H2,1H3,(H,21,24,25). The second-order valence-electron chi connectivity index (χ2n) is 6.44. The van der Waals surface area contributed by atoms with Crippen LogP contribution >= 0.6 is 0 Å². The third-order valence-electron chi connectivity index (χ3n) is 4.85. The molecule has 26 heavy (non-hydrogen) atoms. The van der Waals surface area contributed by atoms with Crippen LogP contribution in [0.2, 0.25) is 0 Å². The Kier molecular flexibility index (Phi) is 3.91. The van der Waals surface area contributed by atoms with Crippen LogP contribution in [0.25, 0.3) is 22.2 Å². The number of amides is 2. The van der Waals surface area contributed by atoms with Crippen molar-refractivity contribution in [1.82, 2.24) is 19.4 Å². The molecule has 0 spiro atoms. The van der Waals surface area contributed by atoms with Crippen LogP contribution in [-0.2, 0) is 16.6 Å². The minimum absolute atomic E-state index is 0.268. The topological polar surface area (TPSA) is 86.0 Å². The van der Waals surface area contributed by atoms with Gasteiger partial charge in [-0.25, -0.2) is 4.79 Å². The lowest BCUT2D eigenvalue weighted by Crippen LogP contribution is -2.38. The van der Waals surface area contributed by atoms with E-state index >= 15 is 0 Å². The largest absolute Gasteiger partial charge is 0.329 e. The van der Waals surface area contributed by atoms with Gasteiger partial charge in [-0.15, -0.1) is 0 Å². The third-order valence-corrected chi connectivity index (χ3v) is 4.85. The highest BCUT2D eigenvalue weighted by Gasteiger charge is 2.29. The van der Waals surface area contributed by atoms with E-state index in [-0.39, 0.29) is 11.6 Å². The molecule has 1 fully saturated rings. The van der Waals surface area contributed by atoms with Crippen LogP contribution in [0.4, 0.5) is 0 Å². The second kappa shape index (κ2) is 6.25. The Morgan fingerprint density at radius 2 is 1.88 bits per heavy atom.